The van der Waals surface area contributed by atoms with E-state index in [1.165, 1.54) is 0 Å². The van der Waals surface area contributed by atoms with E-state index >= 15 is 0 Å². The van der Waals surface area contributed by atoms with Crippen LogP contribution in [-0.2, 0) is 0 Å². The minimum Gasteiger partial charge on any atom is -0.458 e. The lowest BCUT2D eigenvalue weighted by molar-refractivity contribution is 0.480. The second-order valence-corrected chi connectivity index (χ2v) is 19.4. The van der Waals surface area contributed by atoms with Crippen LogP contribution in [0.25, 0.3) is 67.1 Å². The van der Waals surface area contributed by atoms with Gasteiger partial charge >= 0.3 is 0 Å². The minimum atomic E-state index is -3.14. The smallest absolute Gasteiger partial charge is 0.220 e. The molecule has 6 heterocycles. The largest absolute Gasteiger partial charge is 0.458 e. The van der Waals surface area contributed by atoms with Gasteiger partial charge in [-0.2, -0.15) is 0 Å². The summed E-state index contributed by atoms with van der Waals surface area (Å²) in [4.78, 5) is 10.3. The van der Waals surface area contributed by atoms with E-state index in [0.29, 0.717) is 39.4 Å². The third-order valence-corrected chi connectivity index (χ3v) is 17.6. The first-order valence-electron chi connectivity index (χ1n) is 23.2. The SMILES string of the molecule is [2H]C([2H])([2H])c1cccc2c1nc1n(-c3ccc4c(c3)n3c5cccc(C([2H])([2H])[2H])c5nc3n4-c3cccc4c3Oc3ccccc3[Si]43c4ccccc4Oc4ccccc43)c3ccccc3n21. The first-order valence-corrected chi connectivity index (χ1v) is 22.2. The molecule has 288 valence electrons. The van der Waals surface area contributed by atoms with E-state index in [4.69, 9.17) is 27.7 Å². The Balaban J connectivity index is 1.10. The van der Waals surface area contributed by atoms with Crippen LogP contribution in [0, 0.1) is 13.7 Å². The number of nitrogens with zero attached hydrogens (tertiary/aromatic N) is 6. The first-order chi connectivity index (χ1) is 32.5. The highest BCUT2D eigenvalue weighted by atomic mass is 28.3. The van der Waals surface area contributed by atoms with Gasteiger partial charge in [-0.1, -0.05) is 103 Å². The summed E-state index contributed by atoms with van der Waals surface area (Å²) < 4.78 is 72.7. The molecule has 0 saturated heterocycles. The van der Waals surface area contributed by atoms with Crippen molar-refractivity contribution in [3.8, 4) is 34.4 Å². The van der Waals surface area contributed by atoms with Gasteiger partial charge in [-0.25, -0.2) is 9.97 Å². The zero-order chi connectivity index (χ0) is 45.1. The van der Waals surface area contributed by atoms with Crippen molar-refractivity contribution in [2.75, 3.05) is 0 Å². The Hall–Kier alpha value is -7.88. The number of hydrogen-bond acceptors (Lipinski definition) is 4. The summed E-state index contributed by atoms with van der Waals surface area (Å²) in [5.74, 6) is 4.12. The highest BCUT2D eigenvalue weighted by Gasteiger charge is 2.53. The molecular weight excluding hydrogens is 769 g/mol. The van der Waals surface area contributed by atoms with Gasteiger partial charge in [-0.05, 0) is 112 Å². The van der Waals surface area contributed by atoms with Gasteiger partial charge in [0, 0.05) is 8.22 Å². The average Bonchev–Trinajstić information content (AvgIpc) is 4.07. The molecule has 9 heteroatoms. The molecule has 61 heavy (non-hydrogen) atoms. The topological polar surface area (TPSA) is 62.9 Å². The number of hydrogen-bond donors (Lipinski definition) is 0. The van der Waals surface area contributed by atoms with Crippen LogP contribution in [0.3, 0.4) is 0 Å². The van der Waals surface area contributed by atoms with Gasteiger partial charge in [0.1, 0.15) is 17.2 Å². The zero-order valence-corrected chi connectivity index (χ0v) is 33.2. The van der Waals surface area contributed by atoms with Crippen molar-refractivity contribution in [1.82, 2.24) is 27.9 Å². The van der Waals surface area contributed by atoms with Gasteiger partial charge in [0.05, 0.1) is 55.5 Å². The molecule has 0 atom stereocenters. The van der Waals surface area contributed by atoms with Gasteiger partial charge < -0.3 is 9.47 Å². The number of ether oxygens (including phenoxy) is 2. The van der Waals surface area contributed by atoms with Crippen LogP contribution in [0.4, 0.5) is 0 Å². The molecule has 0 N–H and O–H groups in total. The van der Waals surface area contributed by atoms with E-state index < -0.39 is 21.8 Å². The van der Waals surface area contributed by atoms with Crippen LogP contribution < -0.4 is 30.2 Å². The quantitative estimate of drug-likeness (QED) is 0.164. The van der Waals surface area contributed by atoms with Crippen LogP contribution in [-0.4, -0.2) is 36.0 Å². The molecule has 0 fully saturated rings. The third kappa shape index (κ3) is 4.08. The number of fused-ring (bicyclic) bond motifs is 18. The Bertz CT molecular complexity index is 4060. The minimum absolute atomic E-state index is 0.152. The summed E-state index contributed by atoms with van der Waals surface area (Å²) in [6.45, 7) is -4.80. The number of aromatic nitrogens is 6. The molecule has 12 aromatic rings. The molecule has 2 aliphatic rings. The standard InChI is InChI=1S/C52H34N6O2Si/c1-31-14-11-18-37-48(31)53-51-55(34-16-3-4-17-35(34)56(37)51)33-28-29-36-40(30-33)58-38-19-12-15-32(2)49(38)54-52(58)57(36)39-20-13-27-47-50(39)60-43-23-7-10-26-46(43)61(47)44-24-8-5-21-41(44)59-42-22-6-9-25-45(42)61/h3-30H,1-2H3/i1D3,2D3. The van der Waals surface area contributed by atoms with E-state index in [0.717, 1.165) is 71.4 Å². The molecule has 4 aromatic heterocycles. The monoisotopic (exact) mass is 808 g/mol. The Kier molecular flexibility index (Phi) is 5.30. The van der Waals surface area contributed by atoms with Gasteiger partial charge in [-0.15, -0.1) is 0 Å². The second kappa shape index (κ2) is 11.6. The van der Waals surface area contributed by atoms with Crippen LogP contribution in [0.15, 0.2) is 170 Å². The number of para-hydroxylation sites is 8. The molecule has 0 radical (unpaired) electrons. The van der Waals surface area contributed by atoms with Crippen LogP contribution in [0.1, 0.15) is 19.4 Å². The number of rotatable bonds is 2. The van der Waals surface area contributed by atoms with Gasteiger partial charge in [0.2, 0.25) is 11.6 Å². The molecule has 0 amide bonds. The van der Waals surface area contributed by atoms with Crippen molar-refractivity contribution in [2.24, 2.45) is 0 Å². The first kappa shape index (κ1) is 27.7. The second-order valence-electron chi connectivity index (χ2n) is 15.8. The van der Waals surface area contributed by atoms with Crippen molar-refractivity contribution in [3.05, 3.63) is 181 Å². The van der Waals surface area contributed by atoms with E-state index in [1.807, 2.05) is 98.3 Å². The van der Waals surface area contributed by atoms with E-state index in [2.05, 4.69) is 65.2 Å². The van der Waals surface area contributed by atoms with Crippen LogP contribution >= 0.6 is 0 Å². The van der Waals surface area contributed by atoms with E-state index in [-0.39, 0.29) is 11.1 Å². The van der Waals surface area contributed by atoms with Crippen molar-refractivity contribution < 1.29 is 17.7 Å². The summed E-state index contributed by atoms with van der Waals surface area (Å²) in [7, 11) is -3.14. The molecule has 0 unspecified atom stereocenters. The molecule has 2 aliphatic heterocycles. The third-order valence-electron chi connectivity index (χ3n) is 12.7. The molecule has 14 rings (SSSR count). The van der Waals surface area contributed by atoms with Crippen molar-refractivity contribution >= 4 is 84.5 Å². The Morgan fingerprint density at radius 1 is 0.443 bits per heavy atom. The van der Waals surface area contributed by atoms with Crippen LogP contribution in [0.2, 0.25) is 0 Å². The summed E-state index contributed by atoms with van der Waals surface area (Å²) in [5, 5.41) is 4.40. The summed E-state index contributed by atoms with van der Waals surface area (Å²) in [6, 6.07) is 56.0. The molecule has 0 bridgehead atoms. The van der Waals surface area contributed by atoms with E-state index in [9.17, 15) is 0 Å². The van der Waals surface area contributed by atoms with E-state index in [1.54, 1.807) is 24.3 Å². The molecule has 0 saturated carbocycles. The zero-order valence-electron chi connectivity index (χ0n) is 38.2. The predicted molar refractivity (Wildman–Crippen MR) is 246 cm³/mol. The maximum atomic E-state index is 8.57. The van der Waals surface area contributed by atoms with Gasteiger partial charge in [0.15, 0.2) is 13.8 Å². The van der Waals surface area contributed by atoms with Crippen molar-refractivity contribution in [3.63, 3.8) is 0 Å². The summed E-state index contributed by atoms with van der Waals surface area (Å²) >= 11 is 0. The Labute approximate surface area is 358 Å². The van der Waals surface area contributed by atoms with Crippen molar-refractivity contribution in [2.45, 2.75) is 13.7 Å². The molecule has 1 spiro atoms. The lowest BCUT2D eigenvalue weighted by Crippen LogP contribution is -2.77. The Morgan fingerprint density at radius 2 is 0.951 bits per heavy atom. The lowest BCUT2D eigenvalue weighted by Gasteiger charge is -2.43. The lowest BCUT2D eigenvalue weighted by atomic mass is 10.2. The summed E-state index contributed by atoms with van der Waals surface area (Å²) in [5.41, 5.74) is 7.25. The number of imidazole rings is 4. The summed E-state index contributed by atoms with van der Waals surface area (Å²) in [6.07, 6.45) is 0. The fourth-order valence-corrected chi connectivity index (χ4v) is 15.5. The van der Waals surface area contributed by atoms with Gasteiger partial charge in [-0.3, -0.25) is 17.9 Å². The maximum absolute atomic E-state index is 8.57. The van der Waals surface area contributed by atoms with Crippen LogP contribution in [0.5, 0.6) is 23.0 Å². The molecular formula is C52H34N6O2Si. The molecule has 8 aromatic carbocycles. The predicted octanol–water partition coefficient (Wildman–Crippen LogP) is 9.38. The fraction of sp³-hybridized carbons (Fsp3) is 0.0385. The maximum Gasteiger partial charge on any atom is 0.220 e. The van der Waals surface area contributed by atoms with Gasteiger partial charge in [0.25, 0.3) is 0 Å². The Morgan fingerprint density at radius 3 is 1.61 bits per heavy atom. The number of benzene rings is 8. The average molecular weight is 809 g/mol. The fourth-order valence-electron chi connectivity index (χ4n) is 10.3. The normalized spacial score (nSPS) is 15.7. The highest BCUT2D eigenvalue weighted by Crippen LogP contribution is 2.41. The number of aryl methyl sites for hydroxylation is 2. The highest BCUT2D eigenvalue weighted by molar-refractivity contribution is 7.21. The molecule has 8 nitrogen and oxygen atoms in total. The molecule has 0 aliphatic carbocycles. The van der Waals surface area contributed by atoms with Crippen molar-refractivity contribution in [1.29, 1.82) is 0 Å².